The molecule has 9 heteroatoms. The van der Waals surface area contributed by atoms with Crippen molar-refractivity contribution in [1.82, 2.24) is 9.78 Å². The third kappa shape index (κ3) is 4.52. The molecule has 0 aliphatic heterocycles. The number of nitro groups is 1. The molecule has 9 nitrogen and oxygen atoms in total. The molecule has 0 saturated heterocycles. The first-order chi connectivity index (χ1) is 13.9. The second-order valence-electron chi connectivity index (χ2n) is 6.31. The van der Waals surface area contributed by atoms with Gasteiger partial charge in [0.15, 0.2) is 11.5 Å². The van der Waals surface area contributed by atoms with E-state index >= 15 is 0 Å². The van der Waals surface area contributed by atoms with Gasteiger partial charge in [0.05, 0.1) is 23.8 Å². The molecule has 1 N–H and O–H groups in total. The summed E-state index contributed by atoms with van der Waals surface area (Å²) in [6.07, 6.45) is 1.60. The van der Waals surface area contributed by atoms with E-state index in [9.17, 15) is 14.9 Å². The monoisotopic (exact) mass is 396 g/mol. The smallest absolute Gasteiger partial charge is 0.275 e. The maximum Gasteiger partial charge on any atom is 0.275 e. The van der Waals surface area contributed by atoms with Crippen LogP contribution >= 0.6 is 0 Å². The van der Waals surface area contributed by atoms with Gasteiger partial charge in [-0.2, -0.15) is 5.10 Å². The first kappa shape index (κ1) is 19.9. The van der Waals surface area contributed by atoms with Crippen LogP contribution in [0.2, 0.25) is 0 Å². The van der Waals surface area contributed by atoms with Gasteiger partial charge in [-0.1, -0.05) is 12.1 Å². The van der Waals surface area contributed by atoms with Crippen LogP contribution < -0.4 is 14.8 Å². The van der Waals surface area contributed by atoms with Crippen molar-refractivity contribution < 1.29 is 19.2 Å². The normalized spacial score (nSPS) is 11.6. The molecule has 0 fully saturated rings. The lowest BCUT2D eigenvalue weighted by Gasteiger charge is -2.15. The van der Waals surface area contributed by atoms with Crippen molar-refractivity contribution in [3.8, 4) is 17.2 Å². The van der Waals surface area contributed by atoms with Crippen molar-refractivity contribution in [2.45, 2.75) is 19.9 Å². The van der Waals surface area contributed by atoms with E-state index in [0.717, 1.165) is 5.69 Å². The number of carbonyl (C=O) groups excluding carboxylic acids is 1. The lowest BCUT2D eigenvalue weighted by Crippen LogP contribution is -2.25. The highest BCUT2D eigenvalue weighted by Crippen LogP contribution is 2.34. The number of aromatic nitrogens is 2. The lowest BCUT2D eigenvalue weighted by atomic mass is 10.2. The van der Waals surface area contributed by atoms with E-state index in [1.165, 1.54) is 25.3 Å². The molecule has 1 amide bonds. The molecule has 0 aliphatic carbocycles. The minimum atomic E-state index is -0.595. The molecule has 2 aromatic carbocycles. The Kier molecular flexibility index (Phi) is 5.77. The van der Waals surface area contributed by atoms with E-state index in [-0.39, 0.29) is 23.0 Å². The summed E-state index contributed by atoms with van der Waals surface area (Å²) in [4.78, 5) is 23.4. The first-order valence-electron chi connectivity index (χ1n) is 8.80. The van der Waals surface area contributed by atoms with Gasteiger partial charge in [-0.25, -0.2) is 0 Å². The third-order valence-corrected chi connectivity index (χ3v) is 4.28. The number of ether oxygens (including phenoxy) is 2. The summed E-state index contributed by atoms with van der Waals surface area (Å²) in [5.41, 5.74) is 0.855. The van der Waals surface area contributed by atoms with Crippen LogP contribution in [0.15, 0.2) is 54.7 Å². The number of para-hydroxylation sites is 2. The number of nitrogens with zero attached hydrogens (tertiary/aromatic N) is 3. The van der Waals surface area contributed by atoms with Crippen molar-refractivity contribution in [1.29, 1.82) is 0 Å². The maximum absolute atomic E-state index is 12.6. The Morgan fingerprint density at radius 2 is 1.93 bits per heavy atom. The van der Waals surface area contributed by atoms with Crippen LogP contribution in [-0.2, 0) is 4.79 Å². The van der Waals surface area contributed by atoms with E-state index in [4.69, 9.17) is 9.47 Å². The number of amides is 1. The van der Waals surface area contributed by atoms with Crippen molar-refractivity contribution >= 4 is 17.3 Å². The summed E-state index contributed by atoms with van der Waals surface area (Å²) < 4.78 is 12.6. The van der Waals surface area contributed by atoms with Crippen LogP contribution in [0.4, 0.5) is 11.4 Å². The fraction of sp³-hybridized carbons (Fsp3) is 0.200. The Morgan fingerprint density at radius 1 is 1.21 bits per heavy atom. The molecule has 150 valence electrons. The zero-order valence-corrected chi connectivity index (χ0v) is 16.2. The molecular weight excluding hydrogens is 376 g/mol. The Morgan fingerprint density at radius 3 is 2.55 bits per heavy atom. The quantitative estimate of drug-likeness (QED) is 0.476. The zero-order chi connectivity index (χ0) is 21.0. The molecule has 1 atom stereocenters. The highest BCUT2D eigenvalue weighted by Gasteiger charge is 2.19. The predicted octanol–water partition coefficient (Wildman–Crippen LogP) is 4.10. The highest BCUT2D eigenvalue weighted by atomic mass is 16.6. The number of hydrogen-bond donors (Lipinski definition) is 1. The molecule has 3 rings (SSSR count). The SMILES string of the molecule is COc1ccccc1Oc1cc(NC(=O)C(C)n2nccc2C)cc([N+](=O)[O-])c1. The number of anilines is 1. The van der Waals surface area contributed by atoms with Gasteiger partial charge >= 0.3 is 0 Å². The minimum absolute atomic E-state index is 0.196. The standard InChI is InChI=1S/C20H20N4O5/c1-13-8-9-21-23(13)14(2)20(25)22-15-10-16(24(26)27)12-17(11-15)29-19-7-5-4-6-18(19)28-3/h4-12,14H,1-3H3,(H,22,25). The Labute approximate surface area is 167 Å². The Bertz CT molecular complexity index is 1050. The van der Waals surface area contributed by atoms with Crippen molar-refractivity contribution in [2.75, 3.05) is 12.4 Å². The van der Waals surface area contributed by atoms with E-state index in [2.05, 4.69) is 10.4 Å². The molecule has 1 aromatic heterocycles. The Balaban J connectivity index is 1.88. The van der Waals surface area contributed by atoms with Crippen molar-refractivity contribution in [2.24, 2.45) is 0 Å². The van der Waals surface area contributed by atoms with Crippen LogP contribution in [-0.4, -0.2) is 27.7 Å². The zero-order valence-electron chi connectivity index (χ0n) is 16.2. The minimum Gasteiger partial charge on any atom is -0.493 e. The topological polar surface area (TPSA) is 109 Å². The summed E-state index contributed by atoms with van der Waals surface area (Å²) in [5.74, 6) is 0.711. The Hall–Kier alpha value is -3.88. The van der Waals surface area contributed by atoms with Gasteiger partial charge in [0.2, 0.25) is 5.91 Å². The summed E-state index contributed by atoms with van der Waals surface area (Å²) in [5, 5.41) is 18.1. The van der Waals surface area contributed by atoms with Crippen LogP contribution in [0.5, 0.6) is 17.2 Å². The number of rotatable bonds is 7. The molecule has 0 spiro atoms. The average Bonchev–Trinajstić information content (AvgIpc) is 3.13. The first-order valence-corrected chi connectivity index (χ1v) is 8.80. The van der Waals surface area contributed by atoms with Crippen molar-refractivity contribution in [3.63, 3.8) is 0 Å². The largest absolute Gasteiger partial charge is 0.493 e. The van der Waals surface area contributed by atoms with Crippen LogP contribution in [0.25, 0.3) is 0 Å². The third-order valence-electron chi connectivity index (χ3n) is 4.28. The van der Waals surface area contributed by atoms with E-state index in [0.29, 0.717) is 11.5 Å². The molecule has 0 aliphatic rings. The fourth-order valence-corrected chi connectivity index (χ4v) is 2.79. The molecular formula is C20H20N4O5. The number of aryl methyl sites for hydroxylation is 1. The average molecular weight is 396 g/mol. The van der Waals surface area contributed by atoms with E-state index in [1.807, 2.05) is 6.92 Å². The van der Waals surface area contributed by atoms with E-state index < -0.39 is 11.0 Å². The number of non-ortho nitro benzene ring substituents is 1. The molecule has 29 heavy (non-hydrogen) atoms. The summed E-state index contributed by atoms with van der Waals surface area (Å²) in [6.45, 7) is 3.53. The molecule has 0 radical (unpaired) electrons. The molecule has 3 aromatic rings. The van der Waals surface area contributed by atoms with E-state index in [1.54, 1.807) is 48.1 Å². The second-order valence-corrected chi connectivity index (χ2v) is 6.31. The summed E-state index contributed by atoms with van der Waals surface area (Å²) >= 11 is 0. The molecule has 1 unspecified atom stereocenters. The van der Waals surface area contributed by atoms with Gasteiger partial charge in [0.25, 0.3) is 5.69 Å². The number of carbonyl (C=O) groups is 1. The van der Waals surface area contributed by atoms with Gasteiger partial charge in [-0.05, 0) is 32.0 Å². The predicted molar refractivity (Wildman–Crippen MR) is 106 cm³/mol. The number of methoxy groups -OCH3 is 1. The van der Waals surface area contributed by atoms with Crippen LogP contribution in [0, 0.1) is 17.0 Å². The van der Waals surface area contributed by atoms with Crippen LogP contribution in [0.1, 0.15) is 18.7 Å². The van der Waals surface area contributed by atoms with Crippen LogP contribution in [0.3, 0.4) is 0 Å². The molecule has 0 bridgehead atoms. The number of benzene rings is 2. The fourth-order valence-electron chi connectivity index (χ4n) is 2.79. The molecule has 1 heterocycles. The molecule has 0 saturated carbocycles. The maximum atomic E-state index is 12.6. The summed E-state index contributed by atoms with van der Waals surface area (Å²) in [7, 11) is 1.50. The van der Waals surface area contributed by atoms with Gasteiger partial charge in [0.1, 0.15) is 11.8 Å². The van der Waals surface area contributed by atoms with Gasteiger partial charge in [-0.15, -0.1) is 0 Å². The number of nitrogens with one attached hydrogen (secondary N) is 1. The van der Waals surface area contributed by atoms with Gasteiger partial charge < -0.3 is 14.8 Å². The van der Waals surface area contributed by atoms with Gasteiger partial charge in [-0.3, -0.25) is 19.6 Å². The number of hydrogen-bond acceptors (Lipinski definition) is 6. The van der Waals surface area contributed by atoms with Crippen molar-refractivity contribution in [3.05, 3.63) is 70.5 Å². The highest BCUT2D eigenvalue weighted by molar-refractivity contribution is 5.94. The lowest BCUT2D eigenvalue weighted by molar-refractivity contribution is -0.384. The van der Waals surface area contributed by atoms with Gasteiger partial charge in [0, 0.05) is 24.0 Å². The second kappa shape index (κ2) is 8.42. The summed E-state index contributed by atoms with van der Waals surface area (Å²) in [6, 6.07) is 12.2. The number of nitro benzene ring substituents is 1.